The van der Waals surface area contributed by atoms with Crippen molar-refractivity contribution in [2.45, 2.75) is 24.7 Å². The number of rotatable bonds is 7. The second-order valence-corrected chi connectivity index (χ2v) is 6.77. The molecular weight excluding hydrogens is 334 g/mol. The van der Waals surface area contributed by atoms with E-state index in [1.54, 1.807) is 18.2 Å². The van der Waals surface area contributed by atoms with Crippen LogP contribution in [0.4, 0.5) is 4.79 Å². The molecule has 1 aromatic rings. The molecule has 0 aliphatic heterocycles. The zero-order valence-electron chi connectivity index (χ0n) is 13.9. The van der Waals surface area contributed by atoms with E-state index in [9.17, 15) is 18.0 Å². The van der Waals surface area contributed by atoms with E-state index in [1.165, 1.54) is 25.3 Å². The Hall–Kier alpha value is -2.35. The molecule has 0 aliphatic carbocycles. The third-order valence-electron chi connectivity index (χ3n) is 3.17. The van der Waals surface area contributed by atoms with Gasteiger partial charge in [-0.15, -0.1) is 0 Å². The predicted octanol–water partition coefficient (Wildman–Crippen LogP) is 2.26. The molecule has 0 aliphatic rings. The smallest absolute Gasteiger partial charge is 0.423 e. The first-order chi connectivity index (χ1) is 11.3. The maximum atomic E-state index is 12.6. The van der Waals surface area contributed by atoms with Crippen molar-refractivity contribution in [3.05, 3.63) is 42.0 Å². The summed E-state index contributed by atoms with van der Waals surface area (Å²) in [6.45, 7) is 1.64. The van der Waals surface area contributed by atoms with Crippen molar-refractivity contribution in [1.82, 2.24) is 4.31 Å². The Labute approximate surface area is 141 Å². The maximum absolute atomic E-state index is 12.6. The summed E-state index contributed by atoms with van der Waals surface area (Å²) in [5.74, 6) is -0.364. The number of amides is 1. The van der Waals surface area contributed by atoms with Crippen molar-refractivity contribution in [3.8, 4) is 0 Å². The van der Waals surface area contributed by atoms with Gasteiger partial charge in [0.2, 0.25) is 0 Å². The van der Waals surface area contributed by atoms with E-state index in [2.05, 4.69) is 9.47 Å². The minimum atomic E-state index is -4.02. The first-order valence-electron chi connectivity index (χ1n) is 7.22. The highest BCUT2D eigenvalue weighted by atomic mass is 32.2. The minimum absolute atomic E-state index is 0.00135. The zero-order valence-corrected chi connectivity index (χ0v) is 14.7. The molecule has 0 spiro atoms. The Morgan fingerprint density at radius 1 is 1.08 bits per heavy atom. The molecule has 0 saturated heterocycles. The number of ether oxygens (including phenoxy) is 2. The number of nitrogens with zero attached hydrogens (tertiary/aromatic N) is 1. The highest BCUT2D eigenvalue weighted by Gasteiger charge is 2.29. The van der Waals surface area contributed by atoms with Crippen molar-refractivity contribution in [1.29, 1.82) is 0 Å². The van der Waals surface area contributed by atoms with Gasteiger partial charge in [0.25, 0.3) is 10.0 Å². The second-order valence-electron chi connectivity index (χ2n) is 4.91. The molecule has 0 fully saturated rings. The van der Waals surface area contributed by atoms with Gasteiger partial charge in [0.05, 0.1) is 25.7 Å². The molecule has 1 rings (SSSR count). The fourth-order valence-corrected chi connectivity index (χ4v) is 3.09. The molecular formula is C16H21NO6S. The number of carbonyl (C=O) groups excluding carboxylic acids is 2. The molecule has 24 heavy (non-hydrogen) atoms. The van der Waals surface area contributed by atoms with Crippen LogP contribution in [-0.2, 0) is 24.3 Å². The van der Waals surface area contributed by atoms with Gasteiger partial charge in [-0.25, -0.2) is 13.2 Å². The van der Waals surface area contributed by atoms with Gasteiger partial charge in [-0.1, -0.05) is 29.8 Å². The summed E-state index contributed by atoms with van der Waals surface area (Å²) in [5.41, 5.74) is 0.904. The van der Waals surface area contributed by atoms with E-state index >= 15 is 0 Å². The van der Waals surface area contributed by atoms with Gasteiger partial charge < -0.3 is 9.47 Å². The lowest BCUT2D eigenvalue weighted by Gasteiger charge is -2.19. The van der Waals surface area contributed by atoms with E-state index in [4.69, 9.17) is 0 Å². The number of methoxy groups -OCH3 is 2. The minimum Gasteiger partial charge on any atom is -0.469 e. The molecule has 1 aromatic carbocycles. The van der Waals surface area contributed by atoms with E-state index in [0.29, 0.717) is 10.7 Å². The van der Waals surface area contributed by atoms with Crippen LogP contribution in [-0.4, -0.2) is 45.5 Å². The molecule has 0 radical (unpaired) electrons. The Balaban J connectivity index is 2.88. The molecule has 0 N–H and O–H groups in total. The van der Waals surface area contributed by atoms with Crippen LogP contribution < -0.4 is 0 Å². The summed E-state index contributed by atoms with van der Waals surface area (Å²) >= 11 is 0. The number of aryl methyl sites for hydroxylation is 1. The molecule has 1 amide bonds. The van der Waals surface area contributed by atoms with Crippen LogP contribution in [0.5, 0.6) is 0 Å². The molecule has 8 heteroatoms. The van der Waals surface area contributed by atoms with Gasteiger partial charge >= 0.3 is 12.1 Å². The average molecular weight is 355 g/mol. The van der Waals surface area contributed by atoms with Crippen molar-refractivity contribution in [2.24, 2.45) is 0 Å². The first kappa shape index (κ1) is 19.7. The lowest BCUT2D eigenvalue weighted by Crippen LogP contribution is -2.37. The van der Waals surface area contributed by atoms with E-state index in [-0.39, 0.29) is 23.8 Å². The highest BCUT2D eigenvalue weighted by Crippen LogP contribution is 2.17. The lowest BCUT2D eigenvalue weighted by molar-refractivity contribution is -0.140. The SMILES string of the molecule is COC(=O)CC/C=C/CN(C(=O)OC)S(=O)(=O)c1ccc(C)cc1. The Kier molecular flexibility index (Phi) is 7.44. The third-order valence-corrected chi connectivity index (χ3v) is 4.91. The number of hydrogen-bond acceptors (Lipinski definition) is 6. The van der Waals surface area contributed by atoms with E-state index in [0.717, 1.165) is 12.7 Å². The largest absolute Gasteiger partial charge is 0.469 e. The Morgan fingerprint density at radius 2 is 1.71 bits per heavy atom. The summed E-state index contributed by atoms with van der Waals surface area (Å²) in [6.07, 6.45) is 2.68. The third kappa shape index (κ3) is 5.38. The molecule has 0 unspecified atom stereocenters. The van der Waals surface area contributed by atoms with Crippen LogP contribution in [0.3, 0.4) is 0 Å². The Bertz CT molecular complexity index is 694. The van der Waals surface area contributed by atoms with Crippen molar-refractivity contribution in [3.63, 3.8) is 0 Å². The summed E-state index contributed by atoms with van der Waals surface area (Å²) in [4.78, 5) is 22.8. The number of hydrogen-bond donors (Lipinski definition) is 0. The summed E-state index contributed by atoms with van der Waals surface area (Å²) in [6, 6.07) is 6.16. The lowest BCUT2D eigenvalue weighted by atomic mass is 10.2. The van der Waals surface area contributed by atoms with Crippen LogP contribution in [0.25, 0.3) is 0 Å². The number of sulfonamides is 1. The van der Waals surface area contributed by atoms with Gasteiger partial charge in [-0.3, -0.25) is 4.79 Å². The van der Waals surface area contributed by atoms with Gasteiger partial charge in [-0.2, -0.15) is 4.31 Å². The van der Waals surface area contributed by atoms with Gasteiger partial charge in [0.15, 0.2) is 0 Å². The topological polar surface area (TPSA) is 90.0 Å². The summed E-state index contributed by atoms with van der Waals surface area (Å²) < 4.78 is 34.8. The normalized spacial score (nSPS) is 11.3. The number of carbonyl (C=O) groups is 2. The van der Waals surface area contributed by atoms with Crippen molar-refractivity contribution in [2.75, 3.05) is 20.8 Å². The summed E-state index contributed by atoms with van der Waals surface area (Å²) in [5, 5.41) is 0. The van der Waals surface area contributed by atoms with Gasteiger partial charge in [-0.05, 0) is 25.5 Å². The first-order valence-corrected chi connectivity index (χ1v) is 8.66. The van der Waals surface area contributed by atoms with Crippen molar-refractivity contribution >= 4 is 22.1 Å². The molecule has 0 aromatic heterocycles. The molecule has 0 saturated carbocycles. The number of allylic oxidation sites excluding steroid dienone is 1. The molecule has 0 heterocycles. The van der Waals surface area contributed by atoms with Crippen LogP contribution in [0, 0.1) is 6.92 Å². The quantitative estimate of drug-likeness (QED) is 0.550. The predicted molar refractivity (Wildman–Crippen MR) is 87.9 cm³/mol. The van der Waals surface area contributed by atoms with Crippen LogP contribution in [0.15, 0.2) is 41.3 Å². The number of benzene rings is 1. The Morgan fingerprint density at radius 3 is 2.25 bits per heavy atom. The molecule has 7 nitrogen and oxygen atoms in total. The van der Waals surface area contributed by atoms with Crippen LogP contribution in [0.1, 0.15) is 18.4 Å². The van der Waals surface area contributed by atoms with Gasteiger partial charge in [0, 0.05) is 6.42 Å². The zero-order chi connectivity index (χ0) is 18.2. The maximum Gasteiger partial charge on any atom is 0.423 e. The fraction of sp³-hybridized carbons (Fsp3) is 0.375. The standard InChI is InChI=1S/C16H21NO6S/c1-13-8-10-14(11-9-13)24(20,21)17(16(19)23-3)12-6-4-5-7-15(18)22-2/h4,6,8-11H,5,7,12H2,1-3H3/b6-4+. The molecule has 132 valence electrons. The molecule has 0 bridgehead atoms. The monoisotopic (exact) mass is 355 g/mol. The second kappa shape index (κ2) is 9.07. The number of esters is 1. The van der Waals surface area contributed by atoms with E-state index < -0.39 is 16.1 Å². The summed E-state index contributed by atoms with van der Waals surface area (Å²) in [7, 11) is -1.62. The van der Waals surface area contributed by atoms with Crippen LogP contribution >= 0.6 is 0 Å². The molecule has 0 atom stereocenters. The highest BCUT2D eigenvalue weighted by molar-refractivity contribution is 7.89. The van der Waals surface area contributed by atoms with E-state index in [1.807, 2.05) is 6.92 Å². The van der Waals surface area contributed by atoms with Crippen molar-refractivity contribution < 1.29 is 27.5 Å². The van der Waals surface area contributed by atoms with Gasteiger partial charge in [0.1, 0.15) is 0 Å². The average Bonchev–Trinajstić information content (AvgIpc) is 2.57. The van der Waals surface area contributed by atoms with Crippen LogP contribution in [0.2, 0.25) is 0 Å². The fourth-order valence-electron chi connectivity index (χ4n) is 1.80.